The smallest absolute Gasteiger partial charge is 0.306 e. The van der Waals surface area contributed by atoms with Crippen molar-refractivity contribution in [3.8, 4) is 0 Å². The zero-order chi connectivity index (χ0) is 13.1. The van der Waals surface area contributed by atoms with E-state index < -0.39 is 5.97 Å². The highest BCUT2D eigenvalue weighted by Gasteiger charge is 2.29. The summed E-state index contributed by atoms with van der Waals surface area (Å²) in [4.78, 5) is 21.2. The van der Waals surface area contributed by atoms with Crippen molar-refractivity contribution in [1.29, 1.82) is 0 Å². The quantitative estimate of drug-likeness (QED) is 0.836. The third-order valence-electron chi connectivity index (χ3n) is 3.18. The third kappa shape index (κ3) is 2.88. The Morgan fingerprint density at radius 2 is 2.28 bits per heavy atom. The number of hydrogen-bond donors (Lipinski definition) is 2. The van der Waals surface area contributed by atoms with Crippen LogP contribution in [0.3, 0.4) is 0 Å². The molecule has 0 unspecified atom stereocenters. The highest BCUT2D eigenvalue weighted by Crippen LogP contribution is 2.27. The molecular formula is C12H18N4O2. The molecule has 1 aliphatic carbocycles. The highest BCUT2D eigenvalue weighted by molar-refractivity contribution is 5.70. The molecule has 1 aliphatic rings. The first-order chi connectivity index (χ1) is 8.56. The number of carboxylic acids is 1. The zero-order valence-electron chi connectivity index (χ0n) is 10.6. The van der Waals surface area contributed by atoms with Gasteiger partial charge in [-0.1, -0.05) is 0 Å². The molecule has 0 spiro atoms. The van der Waals surface area contributed by atoms with E-state index in [1.54, 1.807) is 12.3 Å². The van der Waals surface area contributed by atoms with Gasteiger partial charge in [0.25, 0.3) is 0 Å². The van der Waals surface area contributed by atoms with Crippen LogP contribution in [0.4, 0.5) is 11.8 Å². The number of nitrogens with zero attached hydrogens (tertiary/aromatic N) is 3. The van der Waals surface area contributed by atoms with Gasteiger partial charge in [-0.3, -0.25) is 4.79 Å². The maximum atomic E-state index is 10.9. The molecule has 1 aromatic rings. The standard InChI is InChI=1S/C12H18N4O2/c1-16(2)12-13-6-5-10(15-12)14-9-4-3-8(7-9)11(17)18/h5-6,8-9H,3-4,7H2,1-2H3,(H,17,18)(H,13,14,15)/t8-,9+/m1/s1. The van der Waals surface area contributed by atoms with Crippen LogP contribution >= 0.6 is 0 Å². The molecule has 0 saturated heterocycles. The van der Waals surface area contributed by atoms with E-state index in [2.05, 4.69) is 15.3 Å². The lowest BCUT2D eigenvalue weighted by Crippen LogP contribution is -2.20. The van der Waals surface area contributed by atoms with E-state index >= 15 is 0 Å². The Hall–Kier alpha value is -1.85. The number of aromatic nitrogens is 2. The van der Waals surface area contributed by atoms with Gasteiger partial charge < -0.3 is 15.3 Å². The van der Waals surface area contributed by atoms with Crippen LogP contribution in [-0.4, -0.2) is 41.2 Å². The Balaban J connectivity index is 1.98. The van der Waals surface area contributed by atoms with Crippen LogP contribution in [0, 0.1) is 5.92 Å². The average Bonchev–Trinajstić information content (AvgIpc) is 2.78. The Morgan fingerprint density at radius 1 is 1.50 bits per heavy atom. The van der Waals surface area contributed by atoms with Gasteiger partial charge in [0.2, 0.25) is 5.95 Å². The molecule has 1 fully saturated rings. The minimum Gasteiger partial charge on any atom is -0.481 e. The molecule has 0 amide bonds. The molecule has 2 atom stereocenters. The molecule has 1 aromatic heterocycles. The summed E-state index contributed by atoms with van der Waals surface area (Å²) >= 11 is 0. The number of rotatable bonds is 4. The lowest BCUT2D eigenvalue weighted by molar-refractivity contribution is -0.141. The molecule has 18 heavy (non-hydrogen) atoms. The molecule has 98 valence electrons. The van der Waals surface area contributed by atoms with Gasteiger partial charge in [-0.25, -0.2) is 4.98 Å². The molecule has 6 heteroatoms. The Morgan fingerprint density at radius 3 is 2.89 bits per heavy atom. The van der Waals surface area contributed by atoms with Gasteiger partial charge in [0.15, 0.2) is 0 Å². The van der Waals surface area contributed by atoms with Crippen molar-refractivity contribution in [2.24, 2.45) is 5.92 Å². The Bertz CT molecular complexity index is 436. The monoisotopic (exact) mass is 250 g/mol. The normalized spacial score (nSPS) is 22.8. The van der Waals surface area contributed by atoms with Crippen molar-refractivity contribution < 1.29 is 9.90 Å². The molecule has 0 radical (unpaired) electrons. The van der Waals surface area contributed by atoms with Crippen molar-refractivity contribution in [2.75, 3.05) is 24.3 Å². The summed E-state index contributed by atoms with van der Waals surface area (Å²) in [6.45, 7) is 0. The van der Waals surface area contributed by atoms with E-state index in [1.807, 2.05) is 19.0 Å². The summed E-state index contributed by atoms with van der Waals surface area (Å²) in [5, 5.41) is 12.2. The molecule has 0 aromatic carbocycles. The van der Waals surface area contributed by atoms with Gasteiger partial charge in [-0.05, 0) is 25.3 Å². The largest absolute Gasteiger partial charge is 0.481 e. The van der Waals surface area contributed by atoms with Crippen molar-refractivity contribution >= 4 is 17.7 Å². The van der Waals surface area contributed by atoms with E-state index in [-0.39, 0.29) is 12.0 Å². The molecule has 1 saturated carbocycles. The van der Waals surface area contributed by atoms with Crippen molar-refractivity contribution in [1.82, 2.24) is 9.97 Å². The van der Waals surface area contributed by atoms with Gasteiger partial charge in [0.05, 0.1) is 5.92 Å². The first-order valence-corrected chi connectivity index (χ1v) is 6.06. The van der Waals surface area contributed by atoms with E-state index in [4.69, 9.17) is 5.11 Å². The summed E-state index contributed by atoms with van der Waals surface area (Å²) in [6, 6.07) is 2.00. The van der Waals surface area contributed by atoms with Gasteiger partial charge in [0, 0.05) is 26.3 Å². The average molecular weight is 250 g/mol. The van der Waals surface area contributed by atoms with Crippen LogP contribution in [-0.2, 0) is 4.79 Å². The minimum atomic E-state index is -0.698. The van der Waals surface area contributed by atoms with Gasteiger partial charge in [0.1, 0.15) is 5.82 Å². The first-order valence-electron chi connectivity index (χ1n) is 6.06. The predicted octanol–water partition coefficient (Wildman–Crippen LogP) is 1.21. The van der Waals surface area contributed by atoms with Gasteiger partial charge in [-0.15, -0.1) is 0 Å². The lowest BCUT2D eigenvalue weighted by atomic mass is 10.1. The molecule has 0 bridgehead atoms. The fraction of sp³-hybridized carbons (Fsp3) is 0.583. The fourth-order valence-electron chi connectivity index (χ4n) is 2.19. The predicted molar refractivity (Wildman–Crippen MR) is 68.7 cm³/mol. The topological polar surface area (TPSA) is 78.4 Å². The highest BCUT2D eigenvalue weighted by atomic mass is 16.4. The lowest BCUT2D eigenvalue weighted by Gasteiger charge is -2.15. The number of carbonyl (C=O) groups is 1. The summed E-state index contributed by atoms with van der Waals surface area (Å²) in [5.74, 6) is 0.478. The Kier molecular flexibility index (Phi) is 3.64. The number of hydrogen-bond acceptors (Lipinski definition) is 5. The van der Waals surface area contributed by atoms with Gasteiger partial charge in [-0.2, -0.15) is 4.98 Å². The second-order valence-electron chi connectivity index (χ2n) is 4.83. The second kappa shape index (κ2) is 5.20. The number of aliphatic carboxylic acids is 1. The van der Waals surface area contributed by atoms with E-state index in [1.165, 1.54) is 0 Å². The fourth-order valence-corrected chi connectivity index (χ4v) is 2.19. The molecule has 6 nitrogen and oxygen atoms in total. The number of anilines is 2. The number of nitrogens with one attached hydrogen (secondary N) is 1. The van der Waals surface area contributed by atoms with E-state index in [0.717, 1.165) is 18.7 Å². The molecule has 1 heterocycles. The zero-order valence-corrected chi connectivity index (χ0v) is 10.6. The molecule has 2 N–H and O–H groups in total. The minimum absolute atomic E-state index is 0.191. The van der Waals surface area contributed by atoms with Crippen LogP contribution in [0.2, 0.25) is 0 Å². The van der Waals surface area contributed by atoms with Crippen LogP contribution < -0.4 is 10.2 Å². The van der Waals surface area contributed by atoms with E-state index in [9.17, 15) is 4.79 Å². The van der Waals surface area contributed by atoms with Crippen molar-refractivity contribution in [3.05, 3.63) is 12.3 Å². The second-order valence-corrected chi connectivity index (χ2v) is 4.83. The maximum Gasteiger partial charge on any atom is 0.306 e. The van der Waals surface area contributed by atoms with E-state index in [0.29, 0.717) is 12.4 Å². The Labute approximate surface area is 106 Å². The van der Waals surface area contributed by atoms with Crippen molar-refractivity contribution in [3.63, 3.8) is 0 Å². The molecular weight excluding hydrogens is 232 g/mol. The summed E-state index contributed by atoms with van der Waals surface area (Å²) in [5.41, 5.74) is 0. The molecule has 0 aliphatic heterocycles. The number of carboxylic acid groups (broad SMARTS) is 1. The van der Waals surface area contributed by atoms with Crippen molar-refractivity contribution in [2.45, 2.75) is 25.3 Å². The third-order valence-corrected chi connectivity index (χ3v) is 3.18. The summed E-state index contributed by atoms with van der Waals surface area (Å²) < 4.78 is 0. The first kappa shape index (κ1) is 12.6. The van der Waals surface area contributed by atoms with Crippen LogP contribution in [0.1, 0.15) is 19.3 Å². The van der Waals surface area contributed by atoms with Crippen LogP contribution in [0.25, 0.3) is 0 Å². The van der Waals surface area contributed by atoms with Gasteiger partial charge >= 0.3 is 5.97 Å². The van der Waals surface area contributed by atoms with Crippen LogP contribution in [0.5, 0.6) is 0 Å². The SMILES string of the molecule is CN(C)c1nccc(N[C@H]2CC[C@@H](C(=O)O)C2)n1. The maximum absolute atomic E-state index is 10.9. The molecule has 2 rings (SSSR count). The summed E-state index contributed by atoms with van der Waals surface area (Å²) in [6.07, 6.45) is 3.97. The van der Waals surface area contributed by atoms with Crippen LogP contribution in [0.15, 0.2) is 12.3 Å². The summed E-state index contributed by atoms with van der Waals surface area (Å²) in [7, 11) is 3.77.